The van der Waals surface area contributed by atoms with Gasteiger partial charge in [-0.15, -0.1) is 0 Å². The van der Waals surface area contributed by atoms with E-state index in [9.17, 15) is 14.7 Å². The Morgan fingerprint density at radius 3 is 2.50 bits per heavy atom. The summed E-state index contributed by atoms with van der Waals surface area (Å²) in [4.78, 5) is 26.3. The van der Waals surface area contributed by atoms with E-state index >= 15 is 0 Å². The molecule has 1 aliphatic heterocycles. The van der Waals surface area contributed by atoms with Crippen LogP contribution in [0, 0.1) is 0 Å². The number of hydrogen-bond donors (Lipinski definition) is 2. The van der Waals surface area contributed by atoms with Crippen molar-refractivity contribution in [1.29, 1.82) is 0 Å². The second-order valence-electron chi connectivity index (χ2n) is 7.26. The zero-order valence-corrected chi connectivity index (χ0v) is 18.6. The van der Waals surface area contributed by atoms with Gasteiger partial charge in [-0.05, 0) is 24.1 Å². The lowest BCUT2D eigenvalue weighted by molar-refractivity contribution is -0.136. The van der Waals surface area contributed by atoms with Gasteiger partial charge >= 0.3 is 5.97 Å². The van der Waals surface area contributed by atoms with E-state index in [2.05, 4.69) is 0 Å². The zero-order valence-electron chi connectivity index (χ0n) is 18.6. The molecule has 3 N–H and O–H groups in total. The van der Waals surface area contributed by atoms with Gasteiger partial charge in [0.2, 0.25) is 5.88 Å². The highest BCUT2D eigenvalue weighted by atomic mass is 16.5. The number of fused-ring (bicyclic) bond motifs is 1. The molecule has 0 amide bonds. The maximum atomic E-state index is 13.6. The van der Waals surface area contributed by atoms with Gasteiger partial charge in [0.1, 0.15) is 11.3 Å². The minimum atomic E-state index is -0.862. The van der Waals surface area contributed by atoms with E-state index in [1.165, 1.54) is 25.9 Å². The Bertz CT molecular complexity index is 1100. The summed E-state index contributed by atoms with van der Waals surface area (Å²) in [6.07, 6.45) is 1.40. The van der Waals surface area contributed by atoms with Crippen LogP contribution in [0.2, 0.25) is 0 Å². The molecular formula is C23H28N2O7. The molecule has 1 aliphatic rings. The molecule has 0 aliphatic carbocycles. The highest BCUT2D eigenvalue weighted by Gasteiger charge is 2.38. The minimum absolute atomic E-state index is 0.0168. The molecular weight excluding hydrogens is 416 g/mol. The molecule has 1 atom stereocenters. The van der Waals surface area contributed by atoms with E-state index < -0.39 is 11.9 Å². The fraction of sp³-hybridized carbons (Fsp3) is 0.391. The monoisotopic (exact) mass is 444 g/mol. The number of aryl methyl sites for hydroxylation is 1. The summed E-state index contributed by atoms with van der Waals surface area (Å²) in [5.74, 6) is -0.503. The van der Waals surface area contributed by atoms with Gasteiger partial charge < -0.3 is 34.4 Å². The van der Waals surface area contributed by atoms with Crippen LogP contribution in [0.15, 0.2) is 40.5 Å². The largest absolute Gasteiger partial charge is 0.493 e. The molecule has 0 radical (unpaired) electrons. The van der Waals surface area contributed by atoms with Crippen molar-refractivity contribution in [3.63, 3.8) is 0 Å². The van der Waals surface area contributed by atoms with Crippen LogP contribution in [0.25, 0.3) is 0 Å². The smallest absolute Gasteiger partial charge is 0.340 e. The molecule has 0 spiro atoms. The fourth-order valence-electron chi connectivity index (χ4n) is 4.00. The Morgan fingerprint density at radius 2 is 1.91 bits per heavy atom. The first-order chi connectivity index (χ1) is 15.4. The summed E-state index contributed by atoms with van der Waals surface area (Å²) in [5, 5.41) is 9.55. The molecule has 1 aromatic carbocycles. The maximum absolute atomic E-state index is 13.6. The van der Waals surface area contributed by atoms with Crippen LogP contribution in [0.3, 0.4) is 0 Å². The Kier molecular flexibility index (Phi) is 7.09. The number of methoxy groups -OCH3 is 3. The van der Waals surface area contributed by atoms with Crippen molar-refractivity contribution in [3.8, 4) is 17.2 Å². The number of nitrogens with zero attached hydrogens (tertiary/aromatic N) is 1. The van der Waals surface area contributed by atoms with Crippen LogP contribution < -0.4 is 25.5 Å². The van der Waals surface area contributed by atoms with Crippen LogP contribution >= 0.6 is 0 Å². The van der Waals surface area contributed by atoms with Crippen LogP contribution in [0.4, 0.5) is 0 Å². The molecule has 1 unspecified atom stereocenters. The zero-order chi connectivity index (χ0) is 23.4. The number of nitrogens with two attached hydrogens (primary N) is 1. The van der Waals surface area contributed by atoms with Crippen LogP contribution in [0.1, 0.15) is 36.1 Å². The van der Waals surface area contributed by atoms with Gasteiger partial charge in [0.25, 0.3) is 5.56 Å². The average Bonchev–Trinajstić information content (AvgIpc) is 2.79. The molecule has 172 valence electrons. The maximum Gasteiger partial charge on any atom is 0.340 e. The van der Waals surface area contributed by atoms with Crippen LogP contribution in [0.5, 0.6) is 17.2 Å². The standard InChI is InChI=1S/C23H28N2O7/c1-5-6-14-12-17-19(22(27)25(14)9-10-26)18(20(21(24)32-17)23(28)31-4)13-7-8-15(29-2)16(11-13)30-3/h7-8,11-12,18,26H,5-6,9-10,24H2,1-4H3. The number of aromatic nitrogens is 1. The van der Waals surface area contributed by atoms with E-state index in [-0.39, 0.29) is 41.5 Å². The lowest BCUT2D eigenvalue weighted by Crippen LogP contribution is -2.36. The van der Waals surface area contributed by atoms with Crippen LogP contribution in [-0.4, -0.2) is 43.6 Å². The molecule has 0 bridgehead atoms. The SMILES string of the molecule is CCCc1cc2c(c(=O)n1CCO)C(c1ccc(OC)c(OC)c1)C(C(=O)OC)=C(N)O2. The van der Waals surface area contributed by atoms with E-state index in [0.29, 0.717) is 29.2 Å². The molecule has 9 nitrogen and oxygen atoms in total. The number of carbonyl (C=O) groups excluding carboxylic acids is 1. The molecule has 1 aromatic heterocycles. The van der Waals surface area contributed by atoms with E-state index in [1.54, 1.807) is 24.3 Å². The van der Waals surface area contributed by atoms with E-state index in [1.807, 2.05) is 6.92 Å². The van der Waals surface area contributed by atoms with Gasteiger partial charge in [0.15, 0.2) is 11.5 Å². The second kappa shape index (κ2) is 9.78. The first kappa shape index (κ1) is 23.2. The summed E-state index contributed by atoms with van der Waals surface area (Å²) in [5.41, 5.74) is 7.32. The first-order valence-electron chi connectivity index (χ1n) is 10.3. The van der Waals surface area contributed by atoms with Gasteiger partial charge in [-0.2, -0.15) is 0 Å². The van der Waals surface area contributed by atoms with Crippen molar-refractivity contribution in [1.82, 2.24) is 4.57 Å². The molecule has 2 aromatic rings. The quantitative estimate of drug-likeness (QED) is 0.590. The molecule has 32 heavy (non-hydrogen) atoms. The third-order valence-electron chi connectivity index (χ3n) is 5.42. The van der Waals surface area contributed by atoms with Crippen LogP contribution in [-0.2, 0) is 22.5 Å². The third-order valence-corrected chi connectivity index (χ3v) is 5.42. The van der Waals surface area contributed by atoms with Crippen molar-refractivity contribution >= 4 is 5.97 Å². The van der Waals surface area contributed by atoms with Gasteiger partial charge in [-0.25, -0.2) is 4.79 Å². The number of aliphatic hydroxyl groups excluding tert-OH is 1. The Morgan fingerprint density at radius 1 is 1.19 bits per heavy atom. The van der Waals surface area contributed by atoms with Crippen molar-refractivity contribution < 1.29 is 28.8 Å². The Hall–Kier alpha value is -3.46. The second-order valence-corrected chi connectivity index (χ2v) is 7.26. The predicted molar refractivity (Wildman–Crippen MR) is 117 cm³/mol. The molecule has 2 heterocycles. The summed E-state index contributed by atoms with van der Waals surface area (Å²) in [6.45, 7) is 1.90. The Balaban J connectivity index is 2.34. The fourth-order valence-corrected chi connectivity index (χ4v) is 4.00. The highest BCUT2D eigenvalue weighted by molar-refractivity contribution is 5.92. The Labute approximate surface area is 186 Å². The first-order valence-corrected chi connectivity index (χ1v) is 10.3. The summed E-state index contributed by atoms with van der Waals surface area (Å²) in [6, 6.07) is 6.84. The van der Waals surface area contributed by atoms with Crippen molar-refractivity contribution in [2.75, 3.05) is 27.9 Å². The topological polar surface area (TPSA) is 122 Å². The molecule has 0 saturated heterocycles. The lowest BCUT2D eigenvalue weighted by atomic mass is 9.83. The summed E-state index contributed by atoms with van der Waals surface area (Å²) in [7, 11) is 4.25. The van der Waals surface area contributed by atoms with Gasteiger partial charge in [-0.1, -0.05) is 19.4 Å². The number of rotatable bonds is 8. The average molecular weight is 444 g/mol. The number of benzene rings is 1. The number of esters is 1. The molecule has 3 rings (SSSR count). The minimum Gasteiger partial charge on any atom is -0.493 e. The van der Waals surface area contributed by atoms with Gasteiger partial charge in [-0.3, -0.25) is 4.79 Å². The number of pyridine rings is 1. The van der Waals surface area contributed by atoms with Gasteiger partial charge in [0, 0.05) is 18.3 Å². The molecule has 0 saturated carbocycles. The number of carbonyl (C=O) groups is 1. The van der Waals surface area contributed by atoms with Crippen molar-refractivity contribution in [2.24, 2.45) is 5.73 Å². The number of hydrogen-bond acceptors (Lipinski definition) is 8. The normalized spacial score (nSPS) is 15.1. The van der Waals surface area contributed by atoms with E-state index in [4.69, 9.17) is 24.7 Å². The van der Waals surface area contributed by atoms with Gasteiger partial charge in [0.05, 0.1) is 39.4 Å². The molecule has 9 heteroatoms. The van der Waals surface area contributed by atoms with E-state index in [0.717, 1.165) is 6.42 Å². The number of ether oxygens (including phenoxy) is 4. The highest BCUT2D eigenvalue weighted by Crippen LogP contribution is 2.43. The summed E-state index contributed by atoms with van der Waals surface area (Å²) >= 11 is 0. The molecule has 0 fully saturated rings. The third kappa shape index (κ3) is 4.03. The predicted octanol–water partition coefficient (Wildman–Crippen LogP) is 1.68. The van der Waals surface area contributed by atoms with Crippen molar-refractivity contribution in [2.45, 2.75) is 32.2 Å². The lowest BCUT2D eigenvalue weighted by Gasteiger charge is -2.29. The summed E-state index contributed by atoms with van der Waals surface area (Å²) < 4.78 is 22.9. The number of aliphatic hydroxyl groups is 1. The van der Waals surface area contributed by atoms with Crippen molar-refractivity contribution in [3.05, 3.63) is 62.9 Å².